The maximum absolute atomic E-state index is 11.3. The van der Waals surface area contributed by atoms with Crippen molar-refractivity contribution in [3.8, 4) is 0 Å². The van der Waals surface area contributed by atoms with E-state index in [0.29, 0.717) is 0 Å². The first-order valence-electron chi connectivity index (χ1n) is 3.90. The predicted octanol–water partition coefficient (Wildman–Crippen LogP) is -0.982. The molecule has 14 heavy (non-hydrogen) atoms. The van der Waals surface area contributed by atoms with Crippen LogP contribution in [0.1, 0.15) is 17.4 Å². The quantitative estimate of drug-likeness (QED) is 0.650. The van der Waals surface area contributed by atoms with Crippen LogP contribution in [0.2, 0.25) is 0 Å². The van der Waals surface area contributed by atoms with Crippen LogP contribution in [0.4, 0.5) is 0 Å². The van der Waals surface area contributed by atoms with E-state index in [1.54, 1.807) is 7.05 Å². The van der Waals surface area contributed by atoms with Crippen molar-refractivity contribution in [2.45, 2.75) is 13.0 Å². The van der Waals surface area contributed by atoms with E-state index in [0.717, 1.165) is 0 Å². The average Bonchev–Trinajstić information content (AvgIpc) is 2.51. The molecule has 1 aromatic heterocycles. The van der Waals surface area contributed by atoms with Crippen LogP contribution < -0.4 is 5.32 Å². The maximum atomic E-state index is 11.3. The molecule has 0 bridgehead atoms. The highest BCUT2D eigenvalue weighted by Crippen LogP contribution is 1.92. The van der Waals surface area contributed by atoms with E-state index < -0.39 is 17.9 Å². The number of carboxylic acids is 1. The summed E-state index contributed by atoms with van der Waals surface area (Å²) in [6.07, 6.45) is 1.41. The van der Waals surface area contributed by atoms with Crippen molar-refractivity contribution in [2.75, 3.05) is 0 Å². The summed E-state index contributed by atoms with van der Waals surface area (Å²) < 4.78 is 1.36. The standard InChI is InChI=1S/C7H10N4O3/c1-4(7(13)14)8-6(12)5-3-11(2)10-9-5/h3-4H,1-2H3,(H,8,12)(H,13,14)/t4-/m0/s1. The molecule has 0 fully saturated rings. The molecule has 0 spiro atoms. The molecule has 0 unspecified atom stereocenters. The fourth-order valence-electron chi connectivity index (χ4n) is 0.784. The molecule has 0 aliphatic rings. The lowest BCUT2D eigenvalue weighted by Crippen LogP contribution is -2.38. The Labute approximate surface area is 79.7 Å². The summed E-state index contributed by atoms with van der Waals surface area (Å²) in [6, 6.07) is -0.940. The number of hydrogen-bond donors (Lipinski definition) is 2. The van der Waals surface area contributed by atoms with Crippen molar-refractivity contribution in [3.63, 3.8) is 0 Å². The van der Waals surface area contributed by atoms with Crippen molar-refractivity contribution < 1.29 is 14.7 Å². The van der Waals surface area contributed by atoms with Crippen LogP contribution in [0.15, 0.2) is 6.20 Å². The van der Waals surface area contributed by atoms with Crippen LogP contribution in [0.25, 0.3) is 0 Å². The van der Waals surface area contributed by atoms with Crippen molar-refractivity contribution in [1.29, 1.82) is 0 Å². The van der Waals surface area contributed by atoms with Gasteiger partial charge in [-0.15, -0.1) is 5.10 Å². The van der Waals surface area contributed by atoms with Crippen LogP contribution in [0, 0.1) is 0 Å². The Morgan fingerprint density at radius 2 is 2.29 bits per heavy atom. The molecular weight excluding hydrogens is 188 g/mol. The lowest BCUT2D eigenvalue weighted by Gasteiger charge is -2.06. The van der Waals surface area contributed by atoms with Gasteiger partial charge in [0.05, 0.1) is 6.20 Å². The Kier molecular flexibility index (Phi) is 2.80. The van der Waals surface area contributed by atoms with Crippen LogP contribution >= 0.6 is 0 Å². The van der Waals surface area contributed by atoms with Gasteiger partial charge in [-0.1, -0.05) is 5.21 Å². The molecule has 0 aliphatic carbocycles. The van der Waals surface area contributed by atoms with Gasteiger partial charge in [0.15, 0.2) is 5.69 Å². The summed E-state index contributed by atoms with van der Waals surface area (Å²) in [7, 11) is 1.62. The normalized spacial score (nSPS) is 12.1. The van der Waals surface area contributed by atoms with Gasteiger partial charge in [0.25, 0.3) is 5.91 Å². The van der Waals surface area contributed by atoms with Gasteiger partial charge in [0, 0.05) is 7.05 Å². The molecule has 0 saturated carbocycles. The number of aryl methyl sites for hydroxylation is 1. The largest absolute Gasteiger partial charge is 0.480 e. The molecule has 7 nitrogen and oxygen atoms in total. The highest BCUT2D eigenvalue weighted by Gasteiger charge is 2.16. The average molecular weight is 198 g/mol. The fourth-order valence-corrected chi connectivity index (χ4v) is 0.784. The van der Waals surface area contributed by atoms with E-state index in [-0.39, 0.29) is 5.69 Å². The highest BCUT2D eigenvalue weighted by atomic mass is 16.4. The van der Waals surface area contributed by atoms with Gasteiger partial charge in [-0.05, 0) is 6.92 Å². The van der Waals surface area contributed by atoms with Gasteiger partial charge in [0.2, 0.25) is 0 Å². The summed E-state index contributed by atoms with van der Waals surface area (Å²) in [5, 5.41) is 17.9. The number of carboxylic acid groups (broad SMARTS) is 1. The van der Waals surface area contributed by atoms with Gasteiger partial charge in [-0.25, -0.2) is 0 Å². The zero-order valence-corrected chi connectivity index (χ0v) is 7.76. The Bertz CT molecular complexity index is 360. The lowest BCUT2D eigenvalue weighted by atomic mass is 10.3. The third-order valence-corrected chi connectivity index (χ3v) is 1.55. The number of carbonyl (C=O) groups excluding carboxylic acids is 1. The molecule has 0 aromatic carbocycles. The molecule has 7 heteroatoms. The molecular formula is C7H10N4O3. The number of nitrogens with zero attached hydrogens (tertiary/aromatic N) is 3. The maximum Gasteiger partial charge on any atom is 0.325 e. The predicted molar refractivity (Wildman–Crippen MR) is 45.6 cm³/mol. The van der Waals surface area contributed by atoms with Crippen LogP contribution in [-0.2, 0) is 11.8 Å². The van der Waals surface area contributed by atoms with E-state index in [4.69, 9.17) is 5.11 Å². The van der Waals surface area contributed by atoms with Gasteiger partial charge < -0.3 is 10.4 Å². The van der Waals surface area contributed by atoms with Crippen molar-refractivity contribution in [1.82, 2.24) is 20.3 Å². The monoisotopic (exact) mass is 198 g/mol. The summed E-state index contributed by atoms with van der Waals surface area (Å²) in [5.41, 5.74) is 0.0978. The summed E-state index contributed by atoms with van der Waals surface area (Å²) in [6.45, 7) is 1.37. The van der Waals surface area contributed by atoms with Crippen molar-refractivity contribution >= 4 is 11.9 Å². The third kappa shape index (κ3) is 2.28. The molecule has 1 heterocycles. The number of aromatic nitrogens is 3. The number of hydrogen-bond acceptors (Lipinski definition) is 4. The Morgan fingerprint density at radius 3 is 2.71 bits per heavy atom. The molecule has 0 radical (unpaired) electrons. The highest BCUT2D eigenvalue weighted by molar-refractivity contribution is 5.94. The molecule has 1 aromatic rings. The summed E-state index contributed by atoms with van der Waals surface area (Å²) in [4.78, 5) is 21.7. The van der Waals surface area contributed by atoms with E-state index >= 15 is 0 Å². The zero-order chi connectivity index (χ0) is 10.7. The van der Waals surface area contributed by atoms with Gasteiger partial charge in [-0.2, -0.15) is 0 Å². The Hall–Kier alpha value is -1.92. The van der Waals surface area contributed by atoms with Gasteiger partial charge in [-0.3, -0.25) is 14.3 Å². The molecule has 1 rings (SSSR count). The van der Waals surface area contributed by atoms with Crippen LogP contribution in [0.3, 0.4) is 0 Å². The van der Waals surface area contributed by atoms with E-state index in [1.807, 2.05) is 0 Å². The molecule has 0 aliphatic heterocycles. The smallest absolute Gasteiger partial charge is 0.325 e. The van der Waals surface area contributed by atoms with Gasteiger partial charge in [0.1, 0.15) is 6.04 Å². The van der Waals surface area contributed by atoms with E-state index in [9.17, 15) is 9.59 Å². The molecule has 2 N–H and O–H groups in total. The fraction of sp³-hybridized carbons (Fsp3) is 0.429. The Morgan fingerprint density at radius 1 is 1.64 bits per heavy atom. The SMILES string of the molecule is C[C@H](NC(=O)c1cn(C)nn1)C(=O)O. The van der Waals surface area contributed by atoms with E-state index in [1.165, 1.54) is 17.8 Å². The Balaban J connectivity index is 2.63. The first-order valence-corrected chi connectivity index (χ1v) is 3.90. The minimum Gasteiger partial charge on any atom is -0.480 e. The minimum atomic E-state index is -1.10. The van der Waals surface area contributed by atoms with Crippen LogP contribution in [-0.4, -0.2) is 38.0 Å². The van der Waals surface area contributed by atoms with Crippen molar-refractivity contribution in [2.24, 2.45) is 7.05 Å². The molecule has 1 atom stereocenters. The van der Waals surface area contributed by atoms with Crippen LogP contribution in [0.5, 0.6) is 0 Å². The summed E-state index contributed by atoms with van der Waals surface area (Å²) >= 11 is 0. The molecule has 1 amide bonds. The van der Waals surface area contributed by atoms with Crippen molar-refractivity contribution in [3.05, 3.63) is 11.9 Å². The topological polar surface area (TPSA) is 97.1 Å². The number of amides is 1. The van der Waals surface area contributed by atoms with E-state index in [2.05, 4.69) is 15.6 Å². The zero-order valence-electron chi connectivity index (χ0n) is 7.76. The second kappa shape index (κ2) is 3.86. The third-order valence-electron chi connectivity index (χ3n) is 1.55. The molecule has 0 saturated heterocycles. The van der Waals surface area contributed by atoms with Gasteiger partial charge >= 0.3 is 5.97 Å². The second-order valence-electron chi connectivity index (χ2n) is 2.81. The summed E-state index contributed by atoms with van der Waals surface area (Å²) in [5.74, 6) is -1.64. The first kappa shape index (κ1) is 10.2. The number of nitrogens with one attached hydrogen (secondary N) is 1. The number of carbonyl (C=O) groups is 2. The first-order chi connectivity index (χ1) is 6.50. The lowest BCUT2D eigenvalue weighted by molar-refractivity contribution is -0.138. The number of aliphatic carboxylic acids is 1. The minimum absolute atomic E-state index is 0.0978. The molecule has 76 valence electrons. The number of rotatable bonds is 3. The second-order valence-corrected chi connectivity index (χ2v) is 2.81.